The van der Waals surface area contributed by atoms with Crippen molar-refractivity contribution in [3.63, 3.8) is 0 Å². The molecule has 0 N–H and O–H groups in total. The predicted molar refractivity (Wildman–Crippen MR) is 71.6 cm³/mol. The normalized spacial score (nSPS) is 26.1. The zero-order valence-electron chi connectivity index (χ0n) is 11.7. The molecule has 1 atom stereocenters. The highest BCUT2D eigenvalue weighted by molar-refractivity contribution is 5.74. The van der Waals surface area contributed by atoms with Gasteiger partial charge in [0.05, 0.1) is 6.10 Å². The summed E-state index contributed by atoms with van der Waals surface area (Å²) >= 11 is 0. The Bertz CT molecular complexity index is 269. The first-order valence-electron chi connectivity index (χ1n) is 7.28. The molecule has 4 heteroatoms. The molecule has 0 saturated carbocycles. The number of likely N-dealkylation sites (tertiary alicyclic amines) is 1. The van der Waals surface area contributed by atoms with Gasteiger partial charge in [-0.2, -0.15) is 0 Å². The van der Waals surface area contributed by atoms with Gasteiger partial charge in [0.15, 0.2) is 0 Å². The molecule has 18 heavy (non-hydrogen) atoms. The number of piperidine rings is 1. The van der Waals surface area contributed by atoms with Crippen LogP contribution in [0, 0.1) is 5.92 Å². The van der Waals surface area contributed by atoms with Crippen molar-refractivity contribution in [2.45, 2.75) is 45.1 Å². The van der Waals surface area contributed by atoms with E-state index in [2.05, 4.69) is 6.92 Å². The van der Waals surface area contributed by atoms with Crippen LogP contribution in [0.15, 0.2) is 0 Å². The lowest BCUT2D eigenvalue weighted by Gasteiger charge is -2.35. The number of rotatable bonds is 2. The second kappa shape index (κ2) is 6.41. The van der Waals surface area contributed by atoms with Gasteiger partial charge in [-0.3, -0.25) is 0 Å². The van der Waals surface area contributed by atoms with Gasteiger partial charge in [0.1, 0.15) is 0 Å². The Morgan fingerprint density at radius 1 is 1.28 bits per heavy atom. The maximum atomic E-state index is 12.3. The lowest BCUT2D eigenvalue weighted by Crippen LogP contribution is -2.47. The molecular formula is C14H26N2O2. The lowest BCUT2D eigenvalue weighted by molar-refractivity contribution is 0.00107. The van der Waals surface area contributed by atoms with Gasteiger partial charge in [-0.15, -0.1) is 0 Å². The van der Waals surface area contributed by atoms with Crippen molar-refractivity contribution < 1.29 is 9.53 Å². The van der Waals surface area contributed by atoms with E-state index in [1.165, 1.54) is 6.42 Å². The van der Waals surface area contributed by atoms with Gasteiger partial charge in [0.2, 0.25) is 0 Å². The van der Waals surface area contributed by atoms with Crippen molar-refractivity contribution in [1.29, 1.82) is 0 Å². The number of hydrogen-bond acceptors (Lipinski definition) is 2. The second-order valence-electron chi connectivity index (χ2n) is 5.82. The van der Waals surface area contributed by atoms with Gasteiger partial charge < -0.3 is 14.5 Å². The van der Waals surface area contributed by atoms with E-state index >= 15 is 0 Å². The average Bonchev–Trinajstić information content (AvgIpc) is 2.40. The molecule has 2 amide bonds. The third-order valence-corrected chi connectivity index (χ3v) is 4.13. The number of nitrogens with zero attached hydrogens (tertiary/aromatic N) is 2. The predicted octanol–water partition coefficient (Wildman–Crippen LogP) is 2.34. The van der Waals surface area contributed by atoms with E-state index in [-0.39, 0.29) is 12.1 Å². The van der Waals surface area contributed by atoms with Crippen LogP contribution in [-0.2, 0) is 4.74 Å². The molecule has 2 heterocycles. The average molecular weight is 254 g/mol. The first-order valence-corrected chi connectivity index (χ1v) is 7.28. The molecule has 2 aliphatic rings. The summed E-state index contributed by atoms with van der Waals surface area (Å²) in [5.41, 5.74) is 0. The number of carbonyl (C=O) groups is 1. The molecule has 0 aromatic carbocycles. The highest BCUT2D eigenvalue weighted by Crippen LogP contribution is 2.18. The van der Waals surface area contributed by atoms with Crippen molar-refractivity contribution >= 4 is 6.03 Å². The number of hydrogen-bond donors (Lipinski definition) is 0. The summed E-state index contributed by atoms with van der Waals surface area (Å²) in [7, 11) is 1.90. The molecule has 4 nitrogen and oxygen atoms in total. The SMILES string of the molecule is CC1CCN(C(=O)N(C)CC2CCCCO2)CC1. The van der Waals surface area contributed by atoms with Crippen LogP contribution >= 0.6 is 0 Å². The highest BCUT2D eigenvalue weighted by atomic mass is 16.5. The monoisotopic (exact) mass is 254 g/mol. The maximum absolute atomic E-state index is 12.3. The molecule has 2 saturated heterocycles. The molecule has 0 radical (unpaired) electrons. The summed E-state index contributed by atoms with van der Waals surface area (Å²) in [6.45, 7) is 5.69. The Labute approximate surface area is 110 Å². The Balaban J connectivity index is 1.77. The molecule has 104 valence electrons. The van der Waals surface area contributed by atoms with Crippen LogP contribution in [0.25, 0.3) is 0 Å². The molecule has 0 aromatic heterocycles. The number of ether oxygens (including phenoxy) is 1. The molecule has 0 aromatic rings. The van der Waals surface area contributed by atoms with E-state index in [0.29, 0.717) is 0 Å². The number of urea groups is 1. The maximum Gasteiger partial charge on any atom is 0.319 e. The van der Waals surface area contributed by atoms with Crippen LogP contribution in [0.1, 0.15) is 39.0 Å². The van der Waals surface area contributed by atoms with Crippen LogP contribution in [0.5, 0.6) is 0 Å². The van der Waals surface area contributed by atoms with Gasteiger partial charge in [-0.1, -0.05) is 6.92 Å². The Hall–Kier alpha value is -0.770. The lowest BCUT2D eigenvalue weighted by atomic mass is 9.99. The van der Waals surface area contributed by atoms with E-state index < -0.39 is 0 Å². The minimum Gasteiger partial charge on any atom is -0.376 e. The number of likely N-dealkylation sites (N-methyl/N-ethyl adjacent to an activating group) is 1. The third kappa shape index (κ3) is 3.61. The van der Waals surface area contributed by atoms with E-state index in [0.717, 1.165) is 57.8 Å². The van der Waals surface area contributed by atoms with Gasteiger partial charge in [0, 0.05) is 33.3 Å². The van der Waals surface area contributed by atoms with E-state index in [9.17, 15) is 4.79 Å². The Morgan fingerprint density at radius 2 is 2.00 bits per heavy atom. The molecule has 0 bridgehead atoms. The van der Waals surface area contributed by atoms with Crippen molar-refractivity contribution in [1.82, 2.24) is 9.80 Å². The zero-order valence-corrected chi connectivity index (χ0v) is 11.7. The van der Waals surface area contributed by atoms with Crippen LogP contribution in [0.4, 0.5) is 4.79 Å². The molecule has 0 aliphatic carbocycles. The molecule has 2 fully saturated rings. The van der Waals surface area contributed by atoms with Crippen molar-refractivity contribution in [3.8, 4) is 0 Å². The standard InChI is InChI=1S/C14H26N2O2/c1-12-6-8-16(9-7-12)14(17)15(2)11-13-5-3-4-10-18-13/h12-13H,3-11H2,1-2H3. The highest BCUT2D eigenvalue weighted by Gasteiger charge is 2.25. The molecule has 2 aliphatic heterocycles. The number of carbonyl (C=O) groups excluding carboxylic acids is 1. The largest absolute Gasteiger partial charge is 0.376 e. The molecule has 2 rings (SSSR count). The fourth-order valence-electron chi connectivity index (χ4n) is 2.78. The summed E-state index contributed by atoms with van der Waals surface area (Å²) in [5, 5.41) is 0. The Kier molecular flexibility index (Phi) is 4.87. The van der Waals surface area contributed by atoms with Crippen molar-refractivity contribution in [2.24, 2.45) is 5.92 Å². The van der Waals surface area contributed by atoms with Crippen LogP contribution in [0.2, 0.25) is 0 Å². The van der Waals surface area contributed by atoms with Crippen molar-refractivity contribution in [2.75, 3.05) is 33.3 Å². The summed E-state index contributed by atoms with van der Waals surface area (Å²) in [6.07, 6.45) is 6.01. The van der Waals surface area contributed by atoms with E-state index in [1.54, 1.807) is 0 Å². The van der Waals surface area contributed by atoms with Crippen molar-refractivity contribution in [3.05, 3.63) is 0 Å². The summed E-state index contributed by atoms with van der Waals surface area (Å²) < 4.78 is 5.69. The second-order valence-corrected chi connectivity index (χ2v) is 5.82. The number of amides is 2. The zero-order chi connectivity index (χ0) is 13.0. The third-order valence-electron chi connectivity index (χ3n) is 4.13. The topological polar surface area (TPSA) is 32.8 Å². The van der Waals surface area contributed by atoms with Gasteiger partial charge in [-0.25, -0.2) is 4.79 Å². The first-order chi connectivity index (χ1) is 8.66. The fourth-order valence-corrected chi connectivity index (χ4v) is 2.78. The smallest absolute Gasteiger partial charge is 0.319 e. The minimum atomic E-state index is 0.177. The summed E-state index contributed by atoms with van der Waals surface area (Å²) in [4.78, 5) is 16.1. The molecule has 1 unspecified atom stereocenters. The van der Waals surface area contributed by atoms with Crippen LogP contribution in [0.3, 0.4) is 0 Å². The first kappa shape index (κ1) is 13.7. The molecule has 0 spiro atoms. The van der Waals surface area contributed by atoms with Gasteiger partial charge in [-0.05, 0) is 38.0 Å². The van der Waals surface area contributed by atoms with E-state index in [1.807, 2.05) is 16.8 Å². The van der Waals surface area contributed by atoms with E-state index in [4.69, 9.17) is 4.74 Å². The fraction of sp³-hybridized carbons (Fsp3) is 0.929. The van der Waals surface area contributed by atoms with Crippen LogP contribution in [-0.4, -0.2) is 55.2 Å². The Morgan fingerprint density at radius 3 is 2.61 bits per heavy atom. The van der Waals surface area contributed by atoms with Gasteiger partial charge in [0.25, 0.3) is 0 Å². The van der Waals surface area contributed by atoms with Gasteiger partial charge >= 0.3 is 6.03 Å². The summed E-state index contributed by atoms with van der Waals surface area (Å²) in [5.74, 6) is 0.765. The minimum absolute atomic E-state index is 0.177. The molecular weight excluding hydrogens is 228 g/mol. The summed E-state index contributed by atoms with van der Waals surface area (Å²) in [6, 6.07) is 0.177. The van der Waals surface area contributed by atoms with Crippen LogP contribution < -0.4 is 0 Å². The quantitative estimate of drug-likeness (QED) is 0.757.